The van der Waals surface area contributed by atoms with Gasteiger partial charge in [-0.05, 0) is 30.2 Å². The third-order valence-corrected chi connectivity index (χ3v) is 3.02. The Hall–Kier alpha value is -1.75. The third-order valence-electron chi connectivity index (χ3n) is 3.02. The molecule has 0 unspecified atom stereocenters. The van der Waals surface area contributed by atoms with E-state index in [1.54, 1.807) is 7.11 Å². The van der Waals surface area contributed by atoms with Gasteiger partial charge in [0.05, 0.1) is 14.2 Å². The summed E-state index contributed by atoms with van der Waals surface area (Å²) in [7, 11) is 2.96. The Balaban J connectivity index is 2.84. The van der Waals surface area contributed by atoms with E-state index in [0.29, 0.717) is 0 Å². The predicted molar refractivity (Wildman–Crippen MR) is 75.2 cm³/mol. The number of carbonyl (C=O) groups excluding carboxylic acids is 1. The molecule has 5 nitrogen and oxygen atoms in total. The van der Waals surface area contributed by atoms with Crippen LogP contribution in [0.4, 0.5) is 5.69 Å². The number of nitrogens with two attached hydrogens (primary N) is 1. The van der Waals surface area contributed by atoms with Gasteiger partial charge in [-0.2, -0.15) is 0 Å². The van der Waals surface area contributed by atoms with Crippen molar-refractivity contribution in [1.29, 1.82) is 0 Å². The minimum atomic E-state index is -0.571. The van der Waals surface area contributed by atoms with Crippen molar-refractivity contribution in [3.05, 3.63) is 24.3 Å². The summed E-state index contributed by atoms with van der Waals surface area (Å²) >= 11 is 0. The van der Waals surface area contributed by atoms with Crippen molar-refractivity contribution >= 4 is 11.7 Å². The van der Waals surface area contributed by atoms with Gasteiger partial charge in [0.1, 0.15) is 11.8 Å². The van der Waals surface area contributed by atoms with Gasteiger partial charge in [0.15, 0.2) is 0 Å². The first kappa shape index (κ1) is 15.3. The largest absolute Gasteiger partial charge is 0.497 e. The van der Waals surface area contributed by atoms with Gasteiger partial charge in [0, 0.05) is 11.7 Å². The van der Waals surface area contributed by atoms with Crippen molar-refractivity contribution in [3.8, 4) is 5.75 Å². The predicted octanol–water partition coefficient (Wildman–Crippen LogP) is 1.63. The Bertz CT molecular complexity index is 404. The molecule has 0 fully saturated rings. The molecule has 1 aromatic carbocycles. The van der Waals surface area contributed by atoms with Crippen LogP contribution in [0.1, 0.15) is 13.8 Å². The second-order valence-electron chi connectivity index (χ2n) is 4.70. The van der Waals surface area contributed by atoms with E-state index in [-0.39, 0.29) is 17.9 Å². The maximum absolute atomic E-state index is 11.8. The minimum absolute atomic E-state index is 0.162. The summed E-state index contributed by atoms with van der Waals surface area (Å²) in [6, 6.07) is 6.41. The van der Waals surface area contributed by atoms with E-state index in [4.69, 9.17) is 15.2 Å². The number of methoxy groups -OCH3 is 2. The summed E-state index contributed by atoms with van der Waals surface area (Å²) in [6.07, 6.45) is 0. The van der Waals surface area contributed by atoms with Gasteiger partial charge in [-0.1, -0.05) is 13.8 Å². The van der Waals surface area contributed by atoms with E-state index < -0.39 is 6.04 Å². The van der Waals surface area contributed by atoms with Crippen LogP contribution in [0.5, 0.6) is 5.75 Å². The second-order valence-corrected chi connectivity index (χ2v) is 4.70. The van der Waals surface area contributed by atoms with Crippen LogP contribution in [0.25, 0.3) is 0 Å². The molecule has 5 heteroatoms. The van der Waals surface area contributed by atoms with Crippen molar-refractivity contribution in [2.45, 2.75) is 25.9 Å². The SMILES string of the molecule is COC(=O)[C@H](Nc1ccc(OC)cc1)[C@@H](N)C(C)C. The van der Waals surface area contributed by atoms with E-state index >= 15 is 0 Å². The molecule has 0 aliphatic rings. The number of ether oxygens (including phenoxy) is 2. The first-order chi connectivity index (χ1) is 8.99. The minimum Gasteiger partial charge on any atom is -0.497 e. The van der Waals surface area contributed by atoms with Crippen LogP contribution in [-0.2, 0) is 9.53 Å². The lowest BCUT2D eigenvalue weighted by molar-refractivity contribution is -0.142. The molecule has 0 amide bonds. The molecule has 0 aliphatic carbocycles. The molecule has 0 heterocycles. The van der Waals surface area contributed by atoms with Crippen molar-refractivity contribution in [2.24, 2.45) is 11.7 Å². The van der Waals surface area contributed by atoms with E-state index in [0.717, 1.165) is 11.4 Å². The van der Waals surface area contributed by atoms with Gasteiger partial charge >= 0.3 is 5.97 Å². The highest BCUT2D eigenvalue weighted by Crippen LogP contribution is 2.18. The standard InChI is InChI=1S/C14H22N2O3/c1-9(2)12(15)13(14(17)19-4)16-10-5-7-11(18-3)8-6-10/h5-9,12-13,16H,15H2,1-4H3/t12-,13+/m0/s1. The molecule has 3 N–H and O–H groups in total. The molecule has 1 aromatic rings. The van der Waals surface area contributed by atoms with Crippen LogP contribution >= 0.6 is 0 Å². The molecule has 0 spiro atoms. The Kier molecular flexibility index (Phi) is 5.63. The molecule has 0 aromatic heterocycles. The summed E-state index contributed by atoms with van der Waals surface area (Å²) in [6.45, 7) is 3.94. The van der Waals surface area contributed by atoms with Gasteiger partial charge in [0.2, 0.25) is 0 Å². The maximum atomic E-state index is 11.8. The van der Waals surface area contributed by atoms with Crippen LogP contribution in [0.3, 0.4) is 0 Å². The van der Waals surface area contributed by atoms with E-state index in [1.165, 1.54) is 7.11 Å². The average Bonchev–Trinajstić information content (AvgIpc) is 2.43. The highest BCUT2D eigenvalue weighted by atomic mass is 16.5. The highest BCUT2D eigenvalue weighted by Gasteiger charge is 2.28. The zero-order chi connectivity index (χ0) is 14.4. The monoisotopic (exact) mass is 266 g/mol. The molecule has 0 bridgehead atoms. The summed E-state index contributed by atoms with van der Waals surface area (Å²) in [4.78, 5) is 11.8. The van der Waals surface area contributed by atoms with Gasteiger partial charge in [-0.15, -0.1) is 0 Å². The second kappa shape index (κ2) is 6.99. The highest BCUT2D eigenvalue weighted by molar-refractivity contribution is 5.80. The third kappa shape index (κ3) is 4.13. The number of anilines is 1. The number of hydrogen-bond acceptors (Lipinski definition) is 5. The molecule has 0 saturated carbocycles. The molecule has 0 aliphatic heterocycles. The zero-order valence-electron chi connectivity index (χ0n) is 11.8. The molecular formula is C14H22N2O3. The van der Waals surface area contributed by atoms with Crippen molar-refractivity contribution < 1.29 is 14.3 Å². The van der Waals surface area contributed by atoms with Crippen LogP contribution in [0.15, 0.2) is 24.3 Å². The molecule has 1 rings (SSSR count). The fraction of sp³-hybridized carbons (Fsp3) is 0.500. The molecule has 2 atom stereocenters. The normalized spacial score (nSPS) is 13.8. The number of hydrogen-bond donors (Lipinski definition) is 2. The first-order valence-electron chi connectivity index (χ1n) is 6.23. The first-order valence-corrected chi connectivity index (χ1v) is 6.23. The lowest BCUT2D eigenvalue weighted by Crippen LogP contribution is -2.49. The van der Waals surface area contributed by atoms with Crippen molar-refractivity contribution in [1.82, 2.24) is 0 Å². The van der Waals surface area contributed by atoms with Crippen molar-refractivity contribution in [2.75, 3.05) is 19.5 Å². The molecule has 0 radical (unpaired) electrons. The van der Waals surface area contributed by atoms with Crippen LogP contribution in [-0.4, -0.2) is 32.3 Å². The Morgan fingerprint density at radius 2 is 1.79 bits per heavy atom. The van der Waals surface area contributed by atoms with E-state index in [2.05, 4.69) is 5.32 Å². The van der Waals surface area contributed by atoms with Gasteiger partial charge in [-0.3, -0.25) is 0 Å². The Morgan fingerprint density at radius 3 is 2.21 bits per heavy atom. The lowest BCUT2D eigenvalue weighted by atomic mass is 9.97. The average molecular weight is 266 g/mol. The van der Waals surface area contributed by atoms with E-state index in [9.17, 15) is 4.79 Å². The van der Waals surface area contributed by atoms with Crippen molar-refractivity contribution in [3.63, 3.8) is 0 Å². The van der Waals surface area contributed by atoms with Gasteiger partial charge in [0.25, 0.3) is 0 Å². The summed E-state index contributed by atoms with van der Waals surface area (Å²) in [5, 5.41) is 3.11. The summed E-state index contributed by atoms with van der Waals surface area (Å²) < 4.78 is 9.88. The van der Waals surface area contributed by atoms with Crippen LogP contribution in [0, 0.1) is 5.92 Å². The maximum Gasteiger partial charge on any atom is 0.329 e. The van der Waals surface area contributed by atoms with E-state index in [1.807, 2.05) is 38.1 Å². The van der Waals surface area contributed by atoms with Crippen LogP contribution < -0.4 is 15.8 Å². The molecular weight excluding hydrogens is 244 g/mol. The number of nitrogens with one attached hydrogen (secondary N) is 1. The number of benzene rings is 1. The Labute approximate surface area is 114 Å². The summed E-state index contributed by atoms with van der Waals surface area (Å²) in [5.41, 5.74) is 6.85. The lowest BCUT2D eigenvalue weighted by Gasteiger charge is -2.26. The smallest absolute Gasteiger partial charge is 0.329 e. The molecule has 0 saturated heterocycles. The Morgan fingerprint density at radius 1 is 1.21 bits per heavy atom. The fourth-order valence-electron chi connectivity index (χ4n) is 1.69. The molecule has 19 heavy (non-hydrogen) atoms. The number of carbonyl (C=O) groups is 1. The topological polar surface area (TPSA) is 73.6 Å². The summed E-state index contributed by atoms with van der Waals surface area (Å²) in [5.74, 6) is 0.556. The van der Waals surface area contributed by atoms with Crippen LogP contribution in [0.2, 0.25) is 0 Å². The van der Waals surface area contributed by atoms with Gasteiger partial charge in [-0.25, -0.2) is 4.79 Å². The number of rotatable bonds is 6. The fourth-order valence-corrected chi connectivity index (χ4v) is 1.69. The number of esters is 1. The molecule has 106 valence electrons. The van der Waals surface area contributed by atoms with Gasteiger partial charge < -0.3 is 20.5 Å². The quantitative estimate of drug-likeness (QED) is 0.766. The zero-order valence-corrected chi connectivity index (χ0v) is 11.8.